The molecule has 0 unspecified atom stereocenters. The van der Waals surface area contributed by atoms with Crippen LogP contribution in [0.1, 0.15) is 86.5 Å². The molecule has 0 aliphatic heterocycles. The van der Waals surface area contributed by atoms with E-state index in [0.29, 0.717) is 22.8 Å². The summed E-state index contributed by atoms with van der Waals surface area (Å²) in [4.78, 5) is 36.3. The van der Waals surface area contributed by atoms with Crippen LogP contribution in [0.25, 0.3) is 0 Å². The van der Waals surface area contributed by atoms with Gasteiger partial charge in [0.2, 0.25) is 0 Å². The number of aldehydes is 2. The van der Waals surface area contributed by atoms with Crippen molar-refractivity contribution in [3.05, 3.63) is 11.6 Å². The second-order valence-electron chi connectivity index (χ2n) is 12.4. The van der Waals surface area contributed by atoms with Crippen LogP contribution in [0.3, 0.4) is 0 Å². The third kappa shape index (κ3) is 3.03. The number of esters is 1. The van der Waals surface area contributed by atoms with Crippen LogP contribution in [0.15, 0.2) is 11.6 Å². The van der Waals surface area contributed by atoms with Gasteiger partial charge in [0.05, 0.1) is 5.92 Å². The van der Waals surface area contributed by atoms with Crippen molar-refractivity contribution in [1.82, 2.24) is 0 Å². The van der Waals surface area contributed by atoms with Crippen molar-refractivity contribution in [2.45, 2.75) is 92.6 Å². The van der Waals surface area contributed by atoms with Crippen molar-refractivity contribution in [3.8, 4) is 0 Å². The van der Waals surface area contributed by atoms with Gasteiger partial charge >= 0.3 is 5.97 Å². The Hall–Kier alpha value is -1.45. The van der Waals surface area contributed by atoms with Crippen molar-refractivity contribution in [3.63, 3.8) is 0 Å². The highest BCUT2D eigenvalue weighted by molar-refractivity contribution is 5.82. The lowest BCUT2D eigenvalue weighted by Crippen LogP contribution is -2.67. The maximum atomic E-state index is 12.3. The standard InChI is InChI=1S/C27H40O4/c1-17(30)31-23-14-22-25(4)12-7-11-24(2,3)20(25)10-13-26(22,5)21-9-8-18(15-28)19(16-29)27(21,23)6/h8,15-16,19-23H,7,9-14H2,1-6H3/t19-,20-,21-,22+,23+,25-,26-,27+/m0/s1. The fourth-order valence-corrected chi connectivity index (χ4v) is 9.45. The molecular formula is C27H40O4. The topological polar surface area (TPSA) is 60.4 Å². The van der Waals surface area contributed by atoms with Crippen LogP contribution in [0.4, 0.5) is 0 Å². The molecule has 4 aliphatic carbocycles. The Kier molecular flexibility index (Phi) is 5.34. The third-order valence-corrected chi connectivity index (χ3v) is 10.7. The molecule has 4 heteroatoms. The predicted molar refractivity (Wildman–Crippen MR) is 120 cm³/mol. The first-order valence-electron chi connectivity index (χ1n) is 12.2. The zero-order valence-corrected chi connectivity index (χ0v) is 20.2. The lowest BCUT2D eigenvalue weighted by atomic mass is 9.35. The molecule has 0 aromatic carbocycles. The minimum Gasteiger partial charge on any atom is -0.462 e. The molecule has 0 bridgehead atoms. The van der Waals surface area contributed by atoms with Crippen LogP contribution in [-0.2, 0) is 19.1 Å². The second kappa shape index (κ2) is 7.28. The van der Waals surface area contributed by atoms with Crippen LogP contribution in [0.5, 0.6) is 0 Å². The van der Waals surface area contributed by atoms with Crippen molar-refractivity contribution in [2.75, 3.05) is 0 Å². The van der Waals surface area contributed by atoms with E-state index in [-0.39, 0.29) is 28.8 Å². The average Bonchev–Trinajstić information content (AvgIpc) is 2.67. The second-order valence-corrected chi connectivity index (χ2v) is 12.4. The molecule has 4 rings (SSSR count). The molecule has 0 heterocycles. The lowest BCUT2D eigenvalue weighted by molar-refractivity contribution is -0.238. The normalized spacial score (nSPS) is 48.3. The third-order valence-electron chi connectivity index (χ3n) is 10.7. The Morgan fingerprint density at radius 2 is 1.68 bits per heavy atom. The van der Waals surface area contributed by atoms with Crippen LogP contribution in [-0.4, -0.2) is 24.6 Å². The van der Waals surface area contributed by atoms with E-state index in [0.717, 1.165) is 31.8 Å². The fourth-order valence-electron chi connectivity index (χ4n) is 9.45. The summed E-state index contributed by atoms with van der Waals surface area (Å²) in [6.07, 6.45) is 11.1. The number of carbonyl (C=O) groups is 3. The number of hydrogen-bond donors (Lipinski definition) is 0. The average molecular weight is 429 g/mol. The molecule has 31 heavy (non-hydrogen) atoms. The lowest BCUT2D eigenvalue weighted by Gasteiger charge is -2.70. The van der Waals surface area contributed by atoms with E-state index in [1.54, 1.807) is 0 Å². The maximum absolute atomic E-state index is 12.3. The number of carbonyl (C=O) groups excluding carboxylic acids is 3. The van der Waals surface area contributed by atoms with E-state index < -0.39 is 11.3 Å². The molecule has 8 atom stereocenters. The van der Waals surface area contributed by atoms with Crippen LogP contribution in [0, 0.1) is 45.3 Å². The van der Waals surface area contributed by atoms with E-state index in [9.17, 15) is 14.4 Å². The van der Waals surface area contributed by atoms with Gasteiger partial charge < -0.3 is 9.53 Å². The molecule has 3 saturated carbocycles. The maximum Gasteiger partial charge on any atom is 0.302 e. The molecule has 0 spiro atoms. The van der Waals surface area contributed by atoms with Crippen molar-refractivity contribution < 1.29 is 19.1 Å². The highest BCUT2D eigenvalue weighted by Gasteiger charge is 2.68. The summed E-state index contributed by atoms with van der Waals surface area (Å²) >= 11 is 0. The van der Waals surface area contributed by atoms with E-state index >= 15 is 0 Å². The number of rotatable bonds is 3. The quantitative estimate of drug-likeness (QED) is 0.437. The van der Waals surface area contributed by atoms with E-state index in [1.165, 1.54) is 32.6 Å². The number of fused-ring (bicyclic) bond motifs is 5. The van der Waals surface area contributed by atoms with Crippen LogP contribution < -0.4 is 0 Å². The van der Waals surface area contributed by atoms with Gasteiger partial charge in [0, 0.05) is 12.3 Å². The highest BCUT2D eigenvalue weighted by atomic mass is 16.5. The van der Waals surface area contributed by atoms with Crippen LogP contribution >= 0.6 is 0 Å². The smallest absolute Gasteiger partial charge is 0.302 e. The van der Waals surface area contributed by atoms with Crippen molar-refractivity contribution >= 4 is 18.5 Å². The van der Waals surface area contributed by atoms with Gasteiger partial charge in [-0.25, -0.2) is 0 Å². The summed E-state index contributed by atoms with van der Waals surface area (Å²) < 4.78 is 6.02. The zero-order chi connectivity index (χ0) is 22.8. The van der Waals surface area contributed by atoms with E-state index in [2.05, 4.69) is 34.6 Å². The minimum atomic E-state index is -0.545. The van der Waals surface area contributed by atoms with Gasteiger partial charge in [0.1, 0.15) is 18.7 Å². The Morgan fingerprint density at radius 3 is 2.29 bits per heavy atom. The van der Waals surface area contributed by atoms with E-state index in [4.69, 9.17) is 4.74 Å². The van der Waals surface area contributed by atoms with Gasteiger partial charge in [-0.05, 0) is 78.1 Å². The first-order chi connectivity index (χ1) is 14.4. The summed E-state index contributed by atoms with van der Waals surface area (Å²) in [5.41, 5.74) is 0.619. The Bertz CT molecular complexity index is 812. The summed E-state index contributed by atoms with van der Waals surface area (Å²) in [5.74, 6) is 0.519. The summed E-state index contributed by atoms with van der Waals surface area (Å²) in [5, 5.41) is 0. The minimum absolute atomic E-state index is 0.0657. The Morgan fingerprint density at radius 1 is 1.00 bits per heavy atom. The first kappa shape index (κ1) is 22.7. The summed E-state index contributed by atoms with van der Waals surface area (Å²) in [6, 6.07) is 0. The molecule has 0 aromatic heterocycles. The van der Waals surface area contributed by atoms with Crippen molar-refractivity contribution in [1.29, 1.82) is 0 Å². The molecule has 0 radical (unpaired) electrons. The number of allylic oxidation sites excluding steroid dienone is 2. The largest absolute Gasteiger partial charge is 0.462 e. The molecule has 0 amide bonds. The molecule has 4 nitrogen and oxygen atoms in total. The van der Waals surface area contributed by atoms with Crippen LogP contribution in [0.2, 0.25) is 0 Å². The van der Waals surface area contributed by atoms with Crippen molar-refractivity contribution in [2.24, 2.45) is 45.3 Å². The number of ether oxygens (including phenoxy) is 1. The van der Waals surface area contributed by atoms with E-state index in [1.807, 2.05) is 6.08 Å². The van der Waals surface area contributed by atoms with Gasteiger partial charge in [0.15, 0.2) is 0 Å². The molecule has 0 saturated heterocycles. The molecular weight excluding hydrogens is 388 g/mol. The van der Waals surface area contributed by atoms with Gasteiger partial charge in [-0.3, -0.25) is 9.59 Å². The fraction of sp³-hybridized carbons (Fsp3) is 0.815. The Labute approximate surface area is 187 Å². The molecule has 3 fully saturated rings. The molecule has 0 aromatic rings. The summed E-state index contributed by atoms with van der Waals surface area (Å²) in [7, 11) is 0. The predicted octanol–water partition coefficient (Wildman–Crippen LogP) is 5.54. The van der Waals surface area contributed by atoms with Gasteiger partial charge in [-0.2, -0.15) is 0 Å². The van der Waals surface area contributed by atoms with Gasteiger partial charge in [0.25, 0.3) is 0 Å². The SMILES string of the molecule is CC(=O)O[C@@H]1C[C@@H]2[C@@]3(C)CCCC(C)(C)[C@@H]3CC[C@@]2(C)[C@@H]2CC=C(C=O)[C@H](C=O)[C@@]12C. The zero-order valence-electron chi connectivity index (χ0n) is 20.2. The summed E-state index contributed by atoms with van der Waals surface area (Å²) in [6.45, 7) is 13.4. The highest BCUT2D eigenvalue weighted by Crippen LogP contribution is 2.73. The first-order valence-corrected chi connectivity index (χ1v) is 12.2. The molecule has 4 aliphatic rings. The molecule has 172 valence electrons. The molecule has 0 N–H and O–H groups in total. The Balaban J connectivity index is 1.85. The van der Waals surface area contributed by atoms with Gasteiger partial charge in [-0.1, -0.05) is 47.1 Å². The monoisotopic (exact) mass is 428 g/mol. The number of hydrogen-bond acceptors (Lipinski definition) is 4. The van der Waals surface area contributed by atoms with Gasteiger partial charge in [-0.15, -0.1) is 0 Å².